The first kappa shape index (κ1) is 33.2. The topological polar surface area (TPSA) is 114 Å². The molecule has 0 amide bonds. The molecule has 8 nitrogen and oxygen atoms in total. The summed E-state index contributed by atoms with van der Waals surface area (Å²) in [6.45, 7) is 2.09. The van der Waals surface area contributed by atoms with Crippen molar-refractivity contribution in [3.8, 4) is 0 Å². The molecule has 2 atom stereocenters. The molecule has 2 heterocycles. The molecule has 4 N–H and O–H groups in total. The van der Waals surface area contributed by atoms with Gasteiger partial charge in [0.15, 0.2) is 11.4 Å². The molecule has 0 spiro atoms. The molecule has 0 aliphatic heterocycles. The second-order valence-electron chi connectivity index (χ2n) is 10.5. The minimum Gasteiger partial charge on any atom is -0.439 e. The van der Waals surface area contributed by atoms with E-state index in [4.69, 9.17) is 44.1 Å². The minimum atomic E-state index is -4.70. The largest absolute Gasteiger partial charge is 0.439 e. The zero-order valence-corrected chi connectivity index (χ0v) is 24.4. The Morgan fingerprint density at radius 2 is 1.07 bits per heavy atom. The summed E-state index contributed by atoms with van der Waals surface area (Å²) in [7, 11) is 0. The second kappa shape index (κ2) is 11.7. The SMILES string of the molecule is C[C@@](N)(Cn1ccc2cc(Cl)c(C(F)(F)F)cc21)OC(=O)/C=C/C(=O)O[C@](C)(N)Cn1ccc2cc(Cl)c(C(F)(F)F)cc21. The lowest BCUT2D eigenvalue weighted by molar-refractivity contribution is -0.155. The van der Waals surface area contributed by atoms with Crippen LogP contribution in [0, 0.1) is 0 Å². The predicted octanol–water partition coefficient (Wildman–Crippen LogP) is 6.63. The molecule has 0 aliphatic carbocycles. The number of nitrogens with two attached hydrogens (primary N) is 2. The average Bonchev–Trinajstić information content (AvgIpc) is 3.41. The second-order valence-corrected chi connectivity index (χ2v) is 11.3. The van der Waals surface area contributed by atoms with Crippen molar-refractivity contribution in [2.24, 2.45) is 11.5 Å². The number of ether oxygens (including phenoxy) is 2. The maximum Gasteiger partial charge on any atom is 0.417 e. The van der Waals surface area contributed by atoms with E-state index in [0.29, 0.717) is 22.9 Å². The van der Waals surface area contributed by atoms with Gasteiger partial charge in [-0.1, -0.05) is 23.2 Å². The maximum atomic E-state index is 13.3. The Labute approximate surface area is 255 Å². The number of aromatic nitrogens is 2. The quantitative estimate of drug-likeness (QED) is 0.0946. The molecule has 2 aromatic heterocycles. The van der Waals surface area contributed by atoms with E-state index in [9.17, 15) is 35.9 Å². The lowest BCUT2D eigenvalue weighted by Crippen LogP contribution is -2.45. The summed E-state index contributed by atoms with van der Waals surface area (Å²) in [6, 6.07) is 7.06. The van der Waals surface area contributed by atoms with Gasteiger partial charge in [-0.05, 0) is 50.2 Å². The average molecular weight is 665 g/mol. The van der Waals surface area contributed by atoms with Crippen molar-refractivity contribution in [1.29, 1.82) is 0 Å². The number of nitrogens with zero attached hydrogens (tertiary/aromatic N) is 2. The molecule has 44 heavy (non-hydrogen) atoms. The van der Waals surface area contributed by atoms with Gasteiger partial charge in [-0.3, -0.25) is 11.5 Å². The third-order valence-corrected chi connectivity index (χ3v) is 6.95. The first-order chi connectivity index (χ1) is 20.1. The van der Waals surface area contributed by atoms with Gasteiger partial charge in [-0.25, -0.2) is 9.59 Å². The first-order valence-corrected chi connectivity index (χ1v) is 13.3. The zero-order chi connectivity index (χ0) is 32.8. The smallest absolute Gasteiger partial charge is 0.417 e. The molecular weight excluding hydrogens is 641 g/mol. The molecule has 0 aliphatic rings. The number of carbonyl (C=O) groups excluding carboxylic acids is 2. The summed E-state index contributed by atoms with van der Waals surface area (Å²) in [5.74, 6) is -2.15. The fourth-order valence-corrected chi connectivity index (χ4v) is 5.09. The molecule has 16 heteroatoms. The van der Waals surface area contributed by atoms with Crippen molar-refractivity contribution < 1.29 is 45.4 Å². The molecule has 0 fully saturated rings. The van der Waals surface area contributed by atoms with Crippen LogP contribution in [0.3, 0.4) is 0 Å². The van der Waals surface area contributed by atoms with E-state index >= 15 is 0 Å². The fourth-order valence-electron chi connectivity index (χ4n) is 4.53. The summed E-state index contributed by atoms with van der Waals surface area (Å²) in [4.78, 5) is 24.8. The van der Waals surface area contributed by atoms with Crippen molar-refractivity contribution in [2.75, 3.05) is 0 Å². The number of rotatable bonds is 8. The Hall–Kier alpha value is -3.72. The van der Waals surface area contributed by atoms with Crippen LogP contribution >= 0.6 is 23.2 Å². The van der Waals surface area contributed by atoms with Crippen molar-refractivity contribution >= 4 is 56.9 Å². The van der Waals surface area contributed by atoms with E-state index in [1.807, 2.05) is 0 Å². The van der Waals surface area contributed by atoms with Crippen LogP contribution < -0.4 is 11.5 Å². The van der Waals surface area contributed by atoms with Crippen LogP contribution in [0.15, 0.2) is 60.9 Å². The molecule has 0 radical (unpaired) electrons. The molecule has 0 saturated heterocycles. The van der Waals surface area contributed by atoms with Crippen LogP contribution in [0.5, 0.6) is 0 Å². The van der Waals surface area contributed by atoms with Crippen LogP contribution in [0.25, 0.3) is 21.8 Å². The number of hydrogen-bond donors (Lipinski definition) is 2. The van der Waals surface area contributed by atoms with Gasteiger partial charge in [0.1, 0.15) is 0 Å². The van der Waals surface area contributed by atoms with E-state index in [-0.39, 0.29) is 24.1 Å². The van der Waals surface area contributed by atoms with Crippen molar-refractivity contribution in [2.45, 2.75) is 50.7 Å². The predicted molar refractivity (Wildman–Crippen MR) is 150 cm³/mol. The van der Waals surface area contributed by atoms with E-state index in [2.05, 4.69) is 0 Å². The molecule has 0 saturated carbocycles. The summed E-state index contributed by atoms with van der Waals surface area (Å²) < 4.78 is 93.0. The van der Waals surface area contributed by atoms with Gasteiger partial charge < -0.3 is 18.6 Å². The number of esters is 2. The van der Waals surface area contributed by atoms with Crippen molar-refractivity contribution in [1.82, 2.24) is 9.13 Å². The Morgan fingerprint density at radius 3 is 1.39 bits per heavy atom. The van der Waals surface area contributed by atoms with Crippen LogP contribution in [0.2, 0.25) is 10.0 Å². The summed E-state index contributed by atoms with van der Waals surface area (Å²) in [5.41, 5.74) is 6.87. The van der Waals surface area contributed by atoms with E-state index in [0.717, 1.165) is 24.3 Å². The highest BCUT2D eigenvalue weighted by Crippen LogP contribution is 2.38. The van der Waals surface area contributed by atoms with Crippen LogP contribution in [-0.4, -0.2) is 32.5 Å². The maximum absolute atomic E-state index is 13.3. The Kier molecular flexibility index (Phi) is 8.79. The first-order valence-electron chi connectivity index (χ1n) is 12.6. The number of fused-ring (bicyclic) bond motifs is 2. The van der Waals surface area contributed by atoms with Gasteiger partial charge in [0, 0.05) is 46.4 Å². The third kappa shape index (κ3) is 7.67. The number of alkyl halides is 6. The number of hydrogen-bond acceptors (Lipinski definition) is 6. The van der Waals surface area contributed by atoms with E-state index in [1.54, 1.807) is 0 Å². The monoisotopic (exact) mass is 664 g/mol. The van der Waals surface area contributed by atoms with Gasteiger partial charge in [0.2, 0.25) is 0 Å². The standard InChI is InChI=1S/C28H24Cl2F6N4O4/c1-25(37,13-39-7-5-15-9-19(29)17(11-21(15)39)27(31,32)33)43-23(41)3-4-24(42)44-26(2,38)14-40-8-6-16-10-20(30)18(12-22(16)40)28(34,35)36/h3-12H,13-14,37-38H2,1-2H3/b4-3+/t25-,26-/m0/s1. The molecule has 0 bridgehead atoms. The number of benzene rings is 2. The minimum absolute atomic E-state index is 0.143. The Balaban J connectivity index is 1.40. The van der Waals surface area contributed by atoms with Crippen molar-refractivity contribution in [3.63, 3.8) is 0 Å². The van der Waals surface area contributed by atoms with Gasteiger partial charge in [0.25, 0.3) is 0 Å². The molecule has 4 aromatic rings. The normalized spacial score (nSPS) is 15.5. The lowest BCUT2D eigenvalue weighted by atomic mass is 10.1. The molecule has 4 rings (SSSR count). The zero-order valence-electron chi connectivity index (χ0n) is 22.9. The summed E-state index contributed by atoms with van der Waals surface area (Å²) >= 11 is 11.5. The van der Waals surface area contributed by atoms with Gasteiger partial charge in [0.05, 0.1) is 34.3 Å². The number of halogens is 8. The lowest BCUT2D eigenvalue weighted by Gasteiger charge is -2.26. The Morgan fingerprint density at radius 1 is 0.727 bits per heavy atom. The Bertz CT molecular complexity index is 1650. The highest BCUT2D eigenvalue weighted by atomic mass is 35.5. The molecule has 2 aromatic carbocycles. The molecule has 0 unspecified atom stereocenters. The van der Waals surface area contributed by atoms with E-state index in [1.165, 1.54) is 47.5 Å². The highest BCUT2D eigenvalue weighted by molar-refractivity contribution is 6.32. The van der Waals surface area contributed by atoms with Gasteiger partial charge in [-0.2, -0.15) is 26.3 Å². The van der Waals surface area contributed by atoms with E-state index < -0.39 is 56.9 Å². The molecular formula is C28H24Cl2F6N4O4. The van der Waals surface area contributed by atoms with Crippen molar-refractivity contribution in [3.05, 3.63) is 82.1 Å². The number of carbonyl (C=O) groups is 2. The fraction of sp³-hybridized carbons (Fsp3) is 0.286. The highest BCUT2D eigenvalue weighted by Gasteiger charge is 2.35. The summed E-state index contributed by atoms with van der Waals surface area (Å²) in [6.07, 6.45) is -5.08. The van der Waals surface area contributed by atoms with Crippen LogP contribution in [-0.2, 0) is 44.5 Å². The van der Waals surface area contributed by atoms with Crippen LogP contribution in [0.1, 0.15) is 25.0 Å². The van der Waals surface area contributed by atoms with Gasteiger partial charge in [-0.15, -0.1) is 0 Å². The summed E-state index contributed by atoms with van der Waals surface area (Å²) in [5, 5.41) is -0.153. The van der Waals surface area contributed by atoms with Gasteiger partial charge >= 0.3 is 24.3 Å². The molecule has 236 valence electrons. The third-order valence-electron chi connectivity index (χ3n) is 6.32. The van der Waals surface area contributed by atoms with Crippen LogP contribution in [0.4, 0.5) is 26.3 Å².